The minimum absolute atomic E-state index is 0.0961. The number of amides is 1. The van der Waals surface area contributed by atoms with Crippen molar-refractivity contribution >= 4 is 33.7 Å². The Labute approximate surface area is 181 Å². The molecule has 0 unspecified atom stereocenters. The largest absolute Gasteiger partial charge is 0.452 e. The Morgan fingerprint density at radius 3 is 2.45 bits per heavy atom. The number of carbonyl (C=O) groups is 2. The Hall–Kier alpha value is -3.04. The van der Waals surface area contributed by atoms with Gasteiger partial charge in [-0.1, -0.05) is 38.1 Å². The van der Waals surface area contributed by atoms with Gasteiger partial charge in [0.05, 0.1) is 4.90 Å². The van der Waals surface area contributed by atoms with Crippen molar-refractivity contribution in [2.75, 3.05) is 25.0 Å². The van der Waals surface area contributed by atoms with Gasteiger partial charge >= 0.3 is 5.97 Å². The summed E-state index contributed by atoms with van der Waals surface area (Å²) in [6, 6.07) is 10.4. The molecule has 0 bridgehead atoms. The van der Waals surface area contributed by atoms with Gasteiger partial charge in [-0.25, -0.2) is 17.6 Å². The van der Waals surface area contributed by atoms with E-state index < -0.39 is 34.3 Å². The summed E-state index contributed by atoms with van der Waals surface area (Å²) in [6.45, 7) is 5.24. The molecule has 0 heterocycles. The summed E-state index contributed by atoms with van der Waals surface area (Å²) in [6.07, 6.45) is 2.27. The molecule has 1 N–H and O–H groups in total. The molecule has 0 saturated heterocycles. The number of nitrogens with zero attached hydrogens (tertiary/aromatic N) is 1. The first-order chi connectivity index (χ1) is 14.7. The second kappa shape index (κ2) is 10.8. The zero-order chi connectivity index (χ0) is 23.0. The molecule has 0 atom stereocenters. The van der Waals surface area contributed by atoms with E-state index in [1.165, 1.54) is 34.6 Å². The van der Waals surface area contributed by atoms with Gasteiger partial charge in [0.25, 0.3) is 5.91 Å². The number of anilines is 1. The maximum atomic E-state index is 13.5. The lowest BCUT2D eigenvalue weighted by atomic mass is 10.2. The van der Waals surface area contributed by atoms with Gasteiger partial charge in [-0.3, -0.25) is 4.79 Å². The number of carbonyl (C=O) groups excluding carboxylic acids is 2. The fourth-order valence-electron chi connectivity index (χ4n) is 2.81. The van der Waals surface area contributed by atoms with Crippen LogP contribution in [0.5, 0.6) is 0 Å². The summed E-state index contributed by atoms with van der Waals surface area (Å²) in [5.74, 6) is -1.94. The minimum Gasteiger partial charge on any atom is -0.452 e. The van der Waals surface area contributed by atoms with Crippen molar-refractivity contribution in [1.82, 2.24) is 4.31 Å². The Morgan fingerprint density at radius 1 is 1.13 bits per heavy atom. The molecule has 0 fully saturated rings. The Balaban J connectivity index is 2.01. The molecule has 0 saturated carbocycles. The fraction of sp³-hybridized carbons (Fsp3) is 0.273. The van der Waals surface area contributed by atoms with Crippen molar-refractivity contribution in [2.45, 2.75) is 25.7 Å². The van der Waals surface area contributed by atoms with Gasteiger partial charge in [-0.15, -0.1) is 0 Å². The van der Waals surface area contributed by atoms with Crippen LogP contribution in [-0.4, -0.2) is 44.3 Å². The highest BCUT2D eigenvalue weighted by atomic mass is 32.2. The third-order valence-electron chi connectivity index (χ3n) is 4.44. The summed E-state index contributed by atoms with van der Waals surface area (Å²) >= 11 is 0. The van der Waals surface area contributed by atoms with E-state index in [2.05, 4.69) is 5.32 Å². The molecular formula is C22H25FN2O5S. The molecular weight excluding hydrogens is 423 g/mol. The quantitative estimate of drug-likeness (QED) is 0.469. The van der Waals surface area contributed by atoms with Crippen LogP contribution in [0, 0.1) is 12.7 Å². The van der Waals surface area contributed by atoms with E-state index in [1.807, 2.05) is 0 Å². The third kappa shape index (κ3) is 6.47. The number of halogens is 1. The fourth-order valence-corrected chi connectivity index (χ4v) is 4.52. The molecule has 0 aromatic heterocycles. The van der Waals surface area contributed by atoms with Crippen LogP contribution in [0.3, 0.4) is 0 Å². The monoisotopic (exact) mass is 448 g/mol. The smallest absolute Gasteiger partial charge is 0.331 e. The summed E-state index contributed by atoms with van der Waals surface area (Å²) in [7, 11) is -3.70. The lowest BCUT2D eigenvalue weighted by molar-refractivity contribution is -0.142. The number of hydrogen-bond acceptors (Lipinski definition) is 5. The molecule has 31 heavy (non-hydrogen) atoms. The molecule has 0 aliphatic carbocycles. The Kier molecular flexibility index (Phi) is 8.47. The maximum Gasteiger partial charge on any atom is 0.331 e. The van der Waals surface area contributed by atoms with Crippen molar-refractivity contribution in [2.24, 2.45) is 0 Å². The SMILES string of the molecule is CCN(CC)S(=O)(=O)c1cc(NC(=O)COC(=O)/C=C/c2ccccc2F)ccc1C. The van der Waals surface area contributed by atoms with Gasteiger partial charge in [0.1, 0.15) is 5.82 Å². The number of rotatable bonds is 9. The molecule has 0 aliphatic heterocycles. The average Bonchev–Trinajstić information content (AvgIpc) is 2.73. The van der Waals surface area contributed by atoms with Crippen LogP contribution in [0.25, 0.3) is 6.08 Å². The zero-order valence-corrected chi connectivity index (χ0v) is 18.4. The average molecular weight is 449 g/mol. The highest BCUT2D eigenvalue weighted by molar-refractivity contribution is 7.89. The van der Waals surface area contributed by atoms with Crippen molar-refractivity contribution < 1.29 is 27.1 Å². The topological polar surface area (TPSA) is 92.8 Å². The molecule has 7 nitrogen and oxygen atoms in total. The van der Waals surface area contributed by atoms with Crippen LogP contribution < -0.4 is 5.32 Å². The molecule has 9 heteroatoms. The molecule has 0 radical (unpaired) electrons. The van der Waals surface area contributed by atoms with E-state index in [0.717, 1.165) is 6.08 Å². The zero-order valence-electron chi connectivity index (χ0n) is 17.6. The van der Waals surface area contributed by atoms with E-state index in [-0.39, 0.29) is 16.1 Å². The maximum absolute atomic E-state index is 13.5. The van der Waals surface area contributed by atoms with Crippen LogP contribution >= 0.6 is 0 Å². The van der Waals surface area contributed by atoms with Crippen LogP contribution in [0.4, 0.5) is 10.1 Å². The third-order valence-corrected chi connectivity index (χ3v) is 6.64. The van der Waals surface area contributed by atoms with E-state index in [0.29, 0.717) is 18.7 Å². The van der Waals surface area contributed by atoms with Crippen LogP contribution in [-0.2, 0) is 24.3 Å². The summed E-state index contributed by atoms with van der Waals surface area (Å²) in [5, 5.41) is 2.51. The Bertz CT molecular complexity index is 1080. The summed E-state index contributed by atoms with van der Waals surface area (Å²) in [5.41, 5.74) is 1.03. The van der Waals surface area contributed by atoms with E-state index in [9.17, 15) is 22.4 Å². The van der Waals surface area contributed by atoms with Crippen molar-refractivity contribution in [3.63, 3.8) is 0 Å². The van der Waals surface area contributed by atoms with E-state index in [1.54, 1.807) is 39.0 Å². The molecule has 166 valence electrons. The number of hydrogen-bond donors (Lipinski definition) is 1. The first-order valence-electron chi connectivity index (χ1n) is 9.69. The number of benzene rings is 2. The predicted octanol–water partition coefficient (Wildman–Crippen LogP) is 3.36. The number of sulfonamides is 1. The van der Waals surface area contributed by atoms with Gasteiger partial charge < -0.3 is 10.1 Å². The van der Waals surface area contributed by atoms with Crippen LogP contribution in [0.2, 0.25) is 0 Å². The van der Waals surface area contributed by atoms with E-state index in [4.69, 9.17) is 4.74 Å². The molecule has 2 aromatic rings. The van der Waals surface area contributed by atoms with Gasteiger partial charge in [-0.2, -0.15) is 4.31 Å². The lowest BCUT2D eigenvalue weighted by Crippen LogP contribution is -2.31. The molecule has 0 spiro atoms. The van der Waals surface area contributed by atoms with Crippen molar-refractivity contribution in [1.29, 1.82) is 0 Å². The van der Waals surface area contributed by atoms with Crippen molar-refractivity contribution in [3.8, 4) is 0 Å². The normalized spacial score (nSPS) is 11.6. The summed E-state index contributed by atoms with van der Waals surface area (Å²) in [4.78, 5) is 24.0. The first-order valence-corrected chi connectivity index (χ1v) is 11.1. The van der Waals surface area contributed by atoms with Crippen LogP contribution in [0.15, 0.2) is 53.4 Å². The molecule has 2 aromatic carbocycles. The number of esters is 1. The highest BCUT2D eigenvalue weighted by Crippen LogP contribution is 2.23. The second-order valence-corrected chi connectivity index (χ2v) is 8.49. The number of aryl methyl sites for hydroxylation is 1. The van der Waals surface area contributed by atoms with Gasteiger partial charge in [0.15, 0.2) is 6.61 Å². The number of ether oxygens (including phenoxy) is 1. The van der Waals surface area contributed by atoms with Gasteiger partial charge in [0.2, 0.25) is 10.0 Å². The van der Waals surface area contributed by atoms with Gasteiger partial charge in [0, 0.05) is 30.4 Å². The summed E-state index contributed by atoms with van der Waals surface area (Å²) < 4.78 is 45.3. The second-order valence-electron chi connectivity index (χ2n) is 6.58. The first kappa shape index (κ1) is 24.2. The number of nitrogens with one attached hydrogen (secondary N) is 1. The van der Waals surface area contributed by atoms with Crippen LogP contribution in [0.1, 0.15) is 25.0 Å². The molecule has 1 amide bonds. The van der Waals surface area contributed by atoms with Crippen molar-refractivity contribution in [3.05, 3.63) is 65.5 Å². The minimum atomic E-state index is -3.70. The molecule has 0 aliphatic rings. The highest BCUT2D eigenvalue weighted by Gasteiger charge is 2.24. The molecule has 2 rings (SSSR count). The standard InChI is InChI=1S/C22H25FN2O5S/c1-4-25(5-2)31(28,29)20-14-18(12-10-16(20)3)24-21(26)15-30-22(27)13-11-17-8-6-7-9-19(17)23/h6-14H,4-5,15H2,1-3H3,(H,24,26)/b13-11+. The van der Waals surface area contributed by atoms with Gasteiger partial charge in [-0.05, 0) is 36.8 Å². The van der Waals surface area contributed by atoms with E-state index >= 15 is 0 Å². The predicted molar refractivity (Wildman–Crippen MR) is 116 cm³/mol. The Morgan fingerprint density at radius 2 is 1.81 bits per heavy atom. The lowest BCUT2D eigenvalue weighted by Gasteiger charge is -2.20.